The van der Waals surface area contributed by atoms with E-state index in [4.69, 9.17) is 15.6 Å². The lowest BCUT2D eigenvalue weighted by atomic mass is 9.44. The molecule has 0 aromatic rings. The fraction of sp³-hybridized carbons (Fsp3) is 1.00. The summed E-state index contributed by atoms with van der Waals surface area (Å²) in [5, 5.41) is 10.8. The molecule has 2 N–H and O–H groups in total. The van der Waals surface area contributed by atoms with E-state index < -0.39 is 40.7 Å². The Hall–Kier alpha value is -0.170. The summed E-state index contributed by atoms with van der Waals surface area (Å²) in [6, 6.07) is 0. The van der Waals surface area contributed by atoms with Crippen LogP contribution in [0.4, 0.5) is 0 Å². The molecule has 9 atom stereocenters. The second kappa shape index (κ2) is 6.68. The fourth-order valence-electron chi connectivity index (χ4n) is 7.68. The third-order valence-corrected chi connectivity index (χ3v) is 9.46. The van der Waals surface area contributed by atoms with Gasteiger partial charge in [-0.1, -0.05) is 13.8 Å². The molecule has 0 aromatic carbocycles. The lowest BCUT2D eigenvalue weighted by Crippen LogP contribution is -2.54. The zero-order valence-electron chi connectivity index (χ0n) is 21.3. The van der Waals surface area contributed by atoms with Crippen molar-refractivity contribution < 1.29 is 29.1 Å². The minimum Gasteiger partial charge on any atom is -0.393 e. The molecule has 27 heavy (non-hydrogen) atoms. The molecule has 4 aliphatic rings. The van der Waals surface area contributed by atoms with E-state index in [0.29, 0.717) is 37.5 Å². The van der Waals surface area contributed by atoms with Gasteiger partial charge >= 0.3 is 10.4 Å². The third kappa shape index (κ3) is 3.28. The first-order valence-electron chi connectivity index (χ1n) is 12.8. The molecule has 0 aliphatic heterocycles. The first kappa shape index (κ1) is 14.8. The van der Waals surface area contributed by atoms with E-state index in [1.807, 2.05) is 6.92 Å². The topological polar surface area (TPSA) is 83.8 Å². The first-order valence-corrected chi connectivity index (χ1v) is 11.7. The number of rotatable bonds is 3. The van der Waals surface area contributed by atoms with Crippen LogP contribution in [0.5, 0.6) is 0 Å². The molecule has 4 fully saturated rings. The van der Waals surface area contributed by atoms with Gasteiger partial charge in [0.05, 0.1) is 13.6 Å². The Balaban J connectivity index is 1.58. The Morgan fingerprint density at radius 2 is 1.81 bits per heavy atom. The highest BCUT2D eigenvalue weighted by Crippen LogP contribution is 2.67. The number of hydrogen-bond donors (Lipinski definition) is 2. The van der Waals surface area contributed by atoms with Crippen molar-refractivity contribution in [2.24, 2.45) is 40.4 Å². The second-order valence-electron chi connectivity index (χ2n) is 9.90. The number of aliphatic hydroxyl groups is 1. The van der Waals surface area contributed by atoms with Gasteiger partial charge in [0.25, 0.3) is 0 Å². The van der Waals surface area contributed by atoms with Crippen molar-refractivity contribution in [3.8, 4) is 0 Å². The summed E-state index contributed by atoms with van der Waals surface area (Å²) in [7, 11) is -4.47. The SMILES string of the molecule is [2H]C([2H])([2H])[C@]([2H])(O)[C@@]1([2H])CC[C@H]2[C@@H]3CC[C@H]4C[C@H](OS(=O)(=O)O)CC[C@]4(C)[C@H]3CC[C@@]21C. The molecular weight excluding hydrogens is 364 g/mol. The Morgan fingerprint density at radius 1 is 1.11 bits per heavy atom. The van der Waals surface area contributed by atoms with E-state index in [1.54, 1.807) is 0 Å². The molecule has 4 saturated carbocycles. The Morgan fingerprint density at radius 3 is 2.52 bits per heavy atom. The lowest BCUT2D eigenvalue weighted by Gasteiger charge is -2.61. The van der Waals surface area contributed by atoms with Crippen LogP contribution in [0, 0.1) is 40.4 Å². The van der Waals surface area contributed by atoms with Gasteiger partial charge in [-0.05, 0) is 105 Å². The minimum absolute atomic E-state index is 0.00209. The molecule has 0 radical (unpaired) electrons. The van der Waals surface area contributed by atoms with Crippen molar-refractivity contribution in [3.05, 3.63) is 0 Å². The maximum absolute atomic E-state index is 11.2. The predicted octanol–water partition coefficient (Wildman–Crippen LogP) is 4.21. The molecule has 0 unspecified atom stereocenters. The molecule has 4 rings (SSSR count). The Bertz CT molecular complexity index is 863. The van der Waals surface area contributed by atoms with Gasteiger partial charge in [0, 0.05) is 5.48 Å². The van der Waals surface area contributed by atoms with Gasteiger partial charge in [-0.3, -0.25) is 4.55 Å². The monoisotopic (exact) mass is 405 g/mol. The summed E-state index contributed by atoms with van der Waals surface area (Å²) < 4.78 is 77.0. The van der Waals surface area contributed by atoms with Gasteiger partial charge < -0.3 is 5.11 Å². The molecule has 156 valence electrons. The van der Waals surface area contributed by atoms with Crippen molar-refractivity contribution >= 4 is 10.4 Å². The molecule has 0 heterocycles. The van der Waals surface area contributed by atoms with Gasteiger partial charge in [-0.2, -0.15) is 8.42 Å². The summed E-state index contributed by atoms with van der Waals surface area (Å²) in [5.41, 5.74) is -0.745. The quantitative estimate of drug-likeness (QED) is 0.687. The van der Waals surface area contributed by atoms with E-state index in [2.05, 4.69) is 6.92 Å². The molecule has 0 spiro atoms. The molecule has 0 bridgehead atoms. The van der Waals surface area contributed by atoms with Gasteiger partial charge in [0.15, 0.2) is 0 Å². The van der Waals surface area contributed by atoms with Crippen molar-refractivity contribution in [1.82, 2.24) is 0 Å². The van der Waals surface area contributed by atoms with Crippen LogP contribution in [0.1, 0.15) is 85.3 Å². The molecule has 0 aromatic heterocycles. The van der Waals surface area contributed by atoms with Crippen LogP contribution in [0.3, 0.4) is 0 Å². The first-order chi connectivity index (χ1) is 14.5. The maximum atomic E-state index is 11.2. The number of fused-ring (bicyclic) bond motifs is 5. The summed E-state index contributed by atoms with van der Waals surface area (Å²) in [5.74, 6) is -0.706. The van der Waals surface area contributed by atoms with Crippen LogP contribution >= 0.6 is 0 Å². The highest BCUT2D eigenvalue weighted by molar-refractivity contribution is 7.80. The smallest absolute Gasteiger partial charge is 0.393 e. The van der Waals surface area contributed by atoms with E-state index in [9.17, 15) is 13.5 Å². The Labute approximate surface area is 171 Å². The van der Waals surface area contributed by atoms with Crippen LogP contribution in [-0.4, -0.2) is 30.3 Å². The van der Waals surface area contributed by atoms with Gasteiger partial charge in [-0.15, -0.1) is 0 Å². The summed E-state index contributed by atoms with van der Waals surface area (Å²) >= 11 is 0. The predicted molar refractivity (Wildman–Crippen MR) is 103 cm³/mol. The van der Waals surface area contributed by atoms with Crippen LogP contribution < -0.4 is 0 Å². The van der Waals surface area contributed by atoms with Gasteiger partial charge in [-0.25, -0.2) is 4.18 Å². The summed E-state index contributed by atoms with van der Waals surface area (Å²) in [6.45, 7) is 1.25. The van der Waals surface area contributed by atoms with Crippen LogP contribution in [0.2, 0.25) is 0 Å². The zero-order valence-corrected chi connectivity index (χ0v) is 17.1. The average Bonchev–Trinajstić information content (AvgIpc) is 2.93. The summed E-state index contributed by atoms with van der Waals surface area (Å²) in [6.07, 6.45) is 2.70. The van der Waals surface area contributed by atoms with Crippen LogP contribution in [0.15, 0.2) is 0 Å². The van der Waals surface area contributed by atoms with E-state index >= 15 is 0 Å². The average molecular weight is 406 g/mol. The van der Waals surface area contributed by atoms with Crippen LogP contribution in [0.25, 0.3) is 0 Å². The molecule has 0 amide bonds. The molecule has 4 aliphatic carbocycles. The zero-order chi connectivity index (χ0) is 24.0. The highest BCUT2D eigenvalue weighted by atomic mass is 32.3. The Kier molecular flexibility index (Phi) is 3.65. The fourth-order valence-corrected chi connectivity index (χ4v) is 8.20. The normalized spacial score (nSPS) is 58.2. The van der Waals surface area contributed by atoms with Crippen molar-refractivity contribution in [1.29, 1.82) is 0 Å². The highest BCUT2D eigenvalue weighted by Gasteiger charge is 2.60. The van der Waals surface area contributed by atoms with E-state index in [0.717, 1.165) is 25.7 Å². The van der Waals surface area contributed by atoms with Gasteiger partial charge in [0.2, 0.25) is 0 Å². The molecule has 5 nitrogen and oxygen atoms in total. The third-order valence-electron chi connectivity index (χ3n) is 8.95. The molecule has 0 saturated heterocycles. The second-order valence-corrected chi connectivity index (χ2v) is 10.9. The summed E-state index contributed by atoms with van der Waals surface area (Å²) in [4.78, 5) is 0. The molecular formula is C21H36O5S. The molecule has 6 heteroatoms. The van der Waals surface area contributed by atoms with Crippen LogP contribution in [-0.2, 0) is 14.6 Å². The van der Waals surface area contributed by atoms with E-state index in [-0.39, 0.29) is 23.7 Å². The lowest BCUT2D eigenvalue weighted by molar-refractivity contribution is -0.130. The standard InChI is InChI=1S/C21H36O5S/c1-13(22)17-6-7-18-16-5-4-14-12-15(26-27(23,24)25)8-10-20(14,2)19(16)9-11-21(17,18)3/h13-19,22H,4-12H2,1-3H3,(H,23,24,25)/t13-,14-,15+,16-,17+,18-,19-,20-,21+/m0/s1/i1D3,13D,17D. The van der Waals surface area contributed by atoms with E-state index in [1.165, 1.54) is 0 Å². The van der Waals surface area contributed by atoms with Crippen molar-refractivity contribution in [2.45, 2.75) is 90.7 Å². The largest absolute Gasteiger partial charge is 0.397 e. The van der Waals surface area contributed by atoms with Crippen molar-refractivity contribution in [3.63, 3.8) is 0 Å². The van der Waals surface area contributed by atoms with Crippen molar-refractivity contribution in [2.75, 3.05) is 0 Å². The van der Waals surface area contributed by atoms with Gasteiger partial charge in [0.1, 0.15) is 0 Å². The minimum atomic E-state index is -4.47. The maximum Gasteiger partial charge on any atom is 0.397 e. The number of hydrogen-bond acceptors (Lipinski definition) is 4.